The van der Waals surface area contributed by atoms with Crippen molar-refractivity contribution >= 4 is 10.8 Å². The van der Waals surface area contributed by atoms with Gasteiger partial charge in [-0.25, -0.2) is 0 Å². The van der Waals surface area contributed by atoms with Crippen LogP contribution in [0.2, 0.25) is 0 Å². The lowest BCUT2D eigenvalue weighted by atomic mass is 10.1. The van der Waals surface area contributed by atoms with Crippen LogP contribution in [0.5, 0.6) is 0 Å². The summed E-state index contributed by atoms with van der Waals surface area (Å²) in [5, 5.41) is 3.26. The van der Waals surface area contributed by atoms with Crippen molar-refractivity contribution in [2.24, 2.45) is 0 Å². The fourth-order valence-corrected chi connectivity index (χ4v) is 3.70. The molecular weight excluding hydrogens is 266 g/mol. The molecule has 2 unspecified atom stereocenters. The molecule has 0 aliphatic carbocycles. The summed E-state index contributed by atoms with van der Waals surface area (Å²) in [5.74, 6) is 0.588. The number of nitrogens with one attached hydrogen (secondary N) is 1. The number of aryl methyl sites for hydroxylation is 2. The van der Waals surface area contributed by atoms with E-state index >= 15 is 0 Å². The van der Waals surface area contributed by atoms with Crippen LogP contribution in [0.3, 0.4) is 0 Å². The molecule has 2 rings (SSSR count). The number of hydrogen-bond donors (Lipinski definition) is 1. The number of benzene rings is 2. The van der Waals surface area contributed by atoms with Crippen LogP contribution >= 0.6 is 0 Å². The van der Waals surface area contributed by atoms with Gasteiger partial charge in [0.15, 0.2) is 0 Å². The van der Waals surface area contributed by atoms with Gasteiger partial charge in [-0.15, -0.1) is 0 Å². The highest BCUT2D eigenvalue weighted by atomic mass is 32.2. The smallest absolute Gasteiger partial charge is 0.0551 e. The van der Waals surface area contributed by atoms with Gasteiger partial charge in [0.25, 0.3) is 0 Å². The Kier molecular flexibility index (Phi) is 5.10. The minimum Gasteiger partial charge on any atom is -0.312 e. The van der Waals surface area contributed by atoms with E-state index in [0.29, 0.717) is 5.75 Å². The Balaban J connectivity index is 2.16. The second-order valence-electron chi connectivity index (χ2n) is 5.03. The van der Waals surface area contributed by atoms with E-state index in [0.717, 1.165) is 10.5 Å². The van der Waals surface area contributed by atoms with Gasteiger partial charge in [0.2, 0.25) is 0 Å². The minimum absolute atomic E-state index is 0.107. The first-order valence-corrected chi connectivity index (χ1v) is 8.11. The fraction of sp³-hybridized carbons (Fsp3) is 0.294. The van der Waals surface area contributed by atoms with Crippen LogP contribution in [0.15, 0.2) is 53.4 Å². The van der Waals surface area contributed by atoms with Gasteiger partial charge >= 0.3 is 0 Å². The normalized spacial score (nSPS) is 13.9. The van der Waals surface area contributed by atoms with Gasteiger partial charge in [0.1, 0.15) is 0 Å². The topological polar surface area (TPSA) is 29.1 Å². The van der Waals surface area contributed by atoms with E-state index in [-0.39, 0.29) is 6.04 Å². The van der Waals surface area contributed by atoms with Gasteiger partial charge in [-0.2, -0.15) is 0 Å². The molecule has 0 aliphatic heterocycles. The summed E-state index contributed by atoms with van der Waals surface area (Å²) < 4.78 is 12.5. The number of hydrogen-bond acceptors (Lipinski definition) is 2. The second-order valence-corrected chi connectivity index (χ2v) is 6.49. The first-order chi connectivity index (χ1) is 9.61. The average molecular weight is 287 g/mol. The average Bonchev–Trinajstić information content (AvgIpc) is 2.46. The van der Waals surface area contributed by atoms with Crippen LogP contribution < -0.4 is 5.32 Å². The molecule has 2 atom stereocenters. The minimum atomic E-state index is -0.993. The monoisotopic (exact) mass is 287 g/mol. The summed E-state index contributed by atoms with van der Waals surface area (Å²) in [7, 11) is 0.923. The van der Waals surface area contributed by atoms with Crippen molar-refractivity contribution in [2.75, 3.05) is 12.8 Å². The molecule has 0 fully saturated rings. The third-order valence-corrected chi connectivity index (χ3v) is 5.07. The lowest BCUT2D eigenvalue weighted by molar-refractivity contribution is 0.635. The van der Waals surface area contributed by atoms with Gasteiger partial charge in [0.05, 0.1) is 10.8 Å². The molecule has 106 valence electrons. The van der Waals surface area contributed by atoms with Crippen LogP contribution in [0.1, 0.15) is 22.7 Å². The molecule has 1 N–H and O–H groups in total. The zero-order valence-corrected chi connectivity index (χ0v) is 13.0. The van der Waals surface area contributed by atoms with E-state index in [1.54, 1.807) is 0 Å². The van der Waals surface area contributed by atoms with E-state index in [9.17, 15) is 4.21 Å². The van der Waals surface area contributed by atoms with E-state index in [4.69, 9.17) is 0 Å². The highest BCUT2D eigenvalue weighted by Crippen LogP contribution is 2.19. The van der Waals surface area contributed by atoms with E-state index in [1.165, 1.54) is 11.1 Å². The van der Waals surface area contributed by atoms with Crippen molar-refractivity contribution in [1.29, 1.82) is 0 Å². The van der Waals surface area contributed by atoms with Crippen LogP contribution in [0.25, 0.3) is 0 Å². The molecule has 2 nitrogen and oxygen atoms in total. The molecule has 2 aromatic rings. The first kappa shape index (κ1) is 14.9. The summed E-state index contributed by atoms with van der Waals surface area (Å²) in [4.78, 5) is 0.930. The molecule has 0 aromatic heterocycles. The molecule has 0 saturated heterocycles. The molecule has 0 saturated carbocycles. The fourth-order valence-electron chi connectivity index (χ4n) is 2.20. The summed E-state index contributed by atoms with van der Waals surface area (Å²) in [5.41, 5.74) is 3.51. The molecular formula is C17H21NOS. The Morgan fingerprint density at radius 2 is 1.70 bits per heavy atom. The largest absolute Gasteiger partial charge is 0.312 e. The van der Waals surface area contributed by atoms with Gasteiger partial charge in [-0.05, 0) is 38.1 Å². The summed E-state index contributed by atoms with van der Waals surface area (Å²) >= 11 is 0. The second kappa shape index (κ2) is 6.82. The number of rotatable bonds is 5. The van der Waals surface area contributed by atoms with Crippen molar-refractivity contribution in [3.8, 4) is 0 Å². The van der Waals surface area contributed by atoms with Crippen LogP contribution in [0, 0.1) is 13.8 Å². The lowest BCUT2D eigenvalue weighted by Crippen LogP contribution is -2.23. The summed E-state index contributed by atoms with van der Waals surface area (Å²) in [6.07, 6.45) is 0. The standard InChI is InChI=1S/C17H21NOS/c1-13-8-10-15(11-9-13)16(18-3)12-20(19)17-7-5-4-6-14(17)2/h4-11,16,18H,12H2,1-3H3. The molecule has 20 heavy (non-hydrogen) atoms. The zero-order chi connectivity index (χ0) is 14.5. The van der Waals surface area contributed by atoms with E-state index < -0.39 is 10.8 Å². The Morgan fingerprint density at radius 3 is 2.30 bits per heavy atom. The molecule has 0 aliphatic rings. The van der Waals surface area contributed by atoms with Crippen LogP contribution in [0.4, 0.5) is 0 Å². The third kappa shape index (κ3) is 3.56. The molecule has 0 heterocycles. The maximum Gasteiger partial charge on any atom is 0.0551 e. The van der Waals surface area contributed by atoms with E-state index in [2.05, 4.69) is 36.5 Å². The summed E-state index contributed by atoms with van der Waals surface area (Å²) in [6.45, 7) is 4.08. The molecule has 0 amide bonds. The Hall–Kier alpha value is -1.45. The SMILES string of the molecule is CNC(CS(=O)c1ccccc1C)c1ccc(C)cc1. The first-order valence-electron chi connectivity index (χ1n) is 6.79. The van der Waals surface area contributed by atoms with Crippen LogP contribution in [-0.2, 0) is 10.8 Å². The Morgan fingerprint density at radius 1 is 1.05 bits per heavy atom. The molecule has 2 aromatic carbocycles. The predicted octanol–water partition coefficient (Wildman–Crippen LogP) is 3.37. The molecule has 0 radical (unpaired) electrons. The lowest BCUT2D eigenvalue weighted by Gasteiger charge is -2.17. The van der Waals surface area contributed by atoms with Crippen LogP contribution in [-0.4, -0.2) is 17.0 Å². The van der Waals surface area contributed by atoms with Crippen molar-refractivity contribution in [3.05, 3.63) is 65.2 Å². The quantitative estimate of drug-likeness (QED) is 0.913. The summed E-state index contributed by atoms with van der Waals surface area (Å²) in [6, 6.07) is 16.4. The van der Waals surface area contributed by atoms with Crippen molar-refractivity contribution in [3.63, 3.8) is 0 Å². The highest BCUT2D eigenvalue weighted by molar-refractivity contribution is 7.85. The van der Waals surface area contributed by atoms with Gasteiger partial charge in [-0.1, -0.05) is 48.0 Å². The highest BCUT2D eigenvalue weighted by Gasteiger charge is 2.15. The van der Waals surface area contributed by atoms with Crippen molar-refractivity contribution in [2.45, 2.75) is 24.8 Å². The molecule has 3 heteroatoms. The van der Waals surface area contributed by atoms with Gasteiger partial charge in [0, 0.05) is 16.7 Å². The third-order valence-electron chi connectivity index (χ3n) is 3.49. The maximum absolute atomic E-state index is 12.5. The Labute approximate surface area is 123 Å². The predicted molar refractivity (Wildman–Crippen MR) is 85.4 cm³/mol. The molecule has 0 bridgehead atoms. The van der Waals surface area contributed by atoms with Crippen molar-refractivity contribution in [1.82, 2.24) is 5.32 Å². The molecule has 0 spiro atoms. The Bertz CT molecular complexity index is 592. The zero-order valence-electron chi connectivity index (χ0n) is 12.2. The maximum atomic E-state index is 12.5. The van der Waals surface area contributed by atoms with Gasteiger partial charge in [-0.3, -0.25) is 4.21 Å². The van der Waals surface area contributed by atoms with E-state index in [1.807, 2.05) is 38.2 Å². The van der Waals surface area contributed by atoms with Gasteiger partial charge < -0.3 is 5.32 Å². The van der Waals surface area contributed by atoms with Crippen molar-refractivity contribution < 1.29 is 4.21 Å².